The van der Waals surface area contributed by atoms with Crippen LogP contribution in [0.4, 0.5) is 17.3 Å². The van der Waals surface area contributed by atoms with E-state index >= 15 is 0 Å². The summed E-state index contributed by atoms with van der Waals surface area (Å²) < 4.78 is 0. The Labute approximate surface area is 347 Å². The van der Waals surface area contributed by atoms with Gasteiger partial charge in [0.1, 0.15) is 29.3 Å². The summed E-state index contributed by atoms with van der Waals surface area (Å²) in [6.07, 6.45) is -0.815. The van der Waals surface area contributed by atoms with E-state index < -0.39 is 35.4 Å². The van der Waals surface area contributed by atoms with Crippen molar-refractivity contribution in [2.45, 2.75) is 65.3 Å². The fraction of sp³-hybridized carbons (Fsp3) is 0.372. The number of β-amino-alcohol motifs (C(OH)–C–C–N with tert-alkyl or cyclic N) is 1. The first-order valence-corrected chi connectivity index (χ1v) is 20.5. The first-order chi connectivity index (χ1) is 28.2. The molecule has 0 unspecified atom stereocenters. The molecular formula is C43H50N10O5S. The Hall–Kier alpha value is -6.13. The third-order valence-corrected chi connectivity index (χ3v) is 11.9. The lowest BCUT2D eigenvalue weighted by Crippen LogP contribution is -2.58. The van der Waals surface area contributed by atoms with Crippen molar-refractivity contribution >= 4 is 46.4 Å². The number of amides is 3. The minimum absolute atomic E-state index is 0.0341. The summed E-state index contributed by atoms with van der Waals surface area (Å²) in [6, 6.07) is 19.6. The number of hydrogen-bond donors (Lipinski definition) is 5. The van der Waals surface area contributed by atoms with E-state index in [-0.39, 0.29) is 42.2 Å². The Bertz CT molecular complexity index is 2320. The Balaban J connectivity index is 0.996. The zero-order valence-corrected chi connectivity index (χ0v) is 34.6. The van der Waals surface area contributed by atoms with Crippen molar-refractivity contribution in [3.05, 3.63) is 95.3 Å². The van der Waals surface area contributed by atoms with Gasteiger partial charge in [-0.1, -0.05) is 63.2 Å². The second-order valence-electron chi connectivity index (χ2n) is 16.2. The Morgan fingerprint density at radius 3 is 2.32 bits per heavy atom. The number of carbonyl (C=O) groups is 3. The van der Waals surface area contributed by atoms with Gasteiger partial charge in [0, 0.05) is 44.7 Å². The van der Waals surface area contributed by atoms with Crippen molar-refractivity contribution in [1.29, 1.82) is 0 Å². The summed E-state index contributed by atoms with van der Waals surface area (Å²) in [7, 11) is 0. The summed E-state index contributed by atoms with van der Waals surface area (Å²) in [5.41, 5.74) is 12.1. The summed E-state index contributed by atoms with van der Waals surface area (Å²) in [5, 5.41) is 35.4. The highest BCUT2D eigenvalue weighted by molar-refractivity contribution is 7.13. The van der Waals surface area contributed by atoms with Gasteiger partial charge >= 0.3 is 0 Å². The SMILES string of the molecule is Cc1ncsc1-c1ccc([C@H](C)NC(=O)[C@@H]2C[C@@H](O)CN2C(=O)[C@@H](NC(=O)c2cccc(N3CCN(c4cc(-c5ccccc5O)nnc4N)CC3)n2)C(C)(C)C)cc1. The van der Waals surface area contributed by atoms with Gasteiger partial charge in [-0.15, -0.1) is 21.5 Å². The van der Waals surface area contributed by atoms with Gasteiger partial charge in [-0.25, -0.2) is 9.97 Å². The van der Waals surface area contributed by atoms with Crippen LogP contribution in [0.15, 0.2) is 78.3 Å². The van der Waals surface area contributed by atoms with Crippen molar-refractivity contribution in [3.8, 4) is 27.4 Å². The van der Waals surface area contributed by atoms with Gasteiger partial charge in [0.2, 0.25) is 11.8 Å². The molecule has 2 aliphatic rings. The molecule has 5 aromatic rings. The number of rotatable bonds is 10. The molecule has 0 spiro atoms. The fourth-order valence-corrected chi connectivity index (χ4v) is 8.40. The van der Waals surface area contributed by atoms with Crippen molar-refractivity contribution in [2.24, 2.45) is 5.41 Å². The molecule has 7 rings (SSSR count). The number of thiazole rings is 1. The normalized spacial score (nSPS) is 18.0. The number of aliphatic hydroxyl groups is 1. The van der Waals surface area contributed by atoms with Crippen LogP contribution in [0.25, 0.3) is 21.7 Å². The standard InChI is InChI=1S/C43H50N10O5S/c1-25(27-13-15-28(16-14-27)37-26(2)45-24-59-37)46-41(57)34-21-29(54)23-53(34)42(58)38(43(3,4)5)48-40(56)31-10-8-12-36(47-31)52-19-17-51(18-20-52)33-22-32(49-50-39(33)44)30-9-6-7-11-35(30)55/h6-16,22,24-25,29,34,38,54-55H,17-21,23H2,1-5H3,(H2,44,50)(H,46,57)(H,48,56)/t25-,29+,34-,38+/m0/s1. The maximum atomic E-state index is 14.3. The monoisotopic (exact) mass is 818 g/mol. The van der Waals surface area contributed by atoms with Crippen LogP contribution >= 0.6 is 11.3 Å². The van der Waals surface area contributed by atoms with Crippen molar-refractivity contribution in [3.63, 3.8) is 0 Å². The van der Waals surface area contributed by atoms with E-state index in [0.717, 1.165) is 21.7 Å². The molecule has 15 nitrogen and oxygen atoms in total. The molecule has 59 heavy (non-hydrogen) atoms. The van der Waals surface area contributed by atoms with Gasteiger partial charge < -0.3 is 41.3 Å². The number of aryl methyl sites for hydroxylation is 1. The molecule has 0 saturated carbocycles. The molecule has 4 atom stereocenters. The number of likely N-dealkylation sites (tertiary alicyclic amines) is 1. The van der Waals surface area contributed by atoms with Gasteiger partial charge in [0.25, 0.3) is 5.91 Å². The first kappa shape index (κ1) is 41.0. The number of carbonyl (C=O) groups excluding carboxylic acids is 3. The number of aliphatic hydroxyl groups excluding tert-OH is 1. The molecule has 3 aromatic heterocycles. The predicted molar refractivity (Wildman–Crippen MR) is 228 cm³/mol. The lowest BCUT2D eigenvalue weighted by atomic mass is 9.85. The number of pyridine rings is 1. The zero-order chi connectivity index (χ0) is 42.0. The maximum absolute atomic E-state index is 14.3. The topological polar surface area (TPSA) is 203 Å². The van der Waals surface area contributed by atoms with Gasteiger partial charge in [0.15, 0.2) is 5.82 Å². The number of phenolic OH excluding ortho intramolecular Hbond substituents is 1. The minimum Gasteiger partial charge on any atom is -0.507 e. The van der Waals surface area contributed by atoms with E-state index in [1.54, 1.807) is 41.7 Å². The number of hydrogen-bond acceptors (Lipinski definition) is 13. The van der Waals surface area contributed by atoms with Crippen molar-refractivity contribution in [2.75, 3.05) is 48.3 Å². The molecule has 6 N–H and O–H groups in total. The number of nitrogens with one attached hydrogen (secondary N) is 2. The summed E-state index contributed by atoms with van der Waals surface area (Å²) in [6.45, 7) is 11.7. The number of phenols is 1. The van der Waals surface area contributed by atoms with E-state index in [1.165, 1.54) is 4.90 Å². The number of nitrogen functional groups attached to an aromatic ring is 1. The Kier molecular flexibility index (Phi) is 11.8. The van der Waals surface area contributed by atoms with Crippen LogP contribution in [-0.4, -0.2) is 104 Å². The molecular weight excluding hydrogens is 769 g/mol. The molecule has 2 fully saturated rings. The second-order valence-corrected chi connectivity index (χ2v) is 17.0. The average molecular weight is 819 g/mol. The van der Waals surface area contributed by atoms with E-state index in [4.69, 9.17) is 10.7 Å². The third kappa shape index (κ3) is 8.98. The molecule has 16 heteroatoms. The van der Waals surface area contributed by atoms with Crippen LogP contribution in [-0.2, 0) is 9.59 Å². The van der Waals surface area contributed by atoms with Crippen LogP contribution < -0.4 is 26.2 Å². The van der Waals surface area contributed by atoms with E-state index in [0.29, 0.717) is 48.9 Å². The first-order valence-electron chi connectivity index (χ1n) is 19.7. The highest BCUT2D eigenvalue weighted by Gasteiger charge is 2.45. The lowest BCUT2D eigenvalue weighted by molar-refractivity contribution is -0.142. The van der Waals surface area contributed by atoms with E-state index in [2.05, 4.69) is 35.6 Å². The quantitative estimate of drug-likeness (QED) is 0.132. The fourth-order valence-electron chi connectivity index (χ4n) is 7.59. The number of aromatic hydroxyl groups is 1. The highest BCUT2D eigenvalue weighted by Crippen LogP contribution is 2.33. The smallest absolute Gasteiger partial charge is 0.270 e. The molecule has 0 bridgehead atoms. The van der Waals surface area contributed by atoms with Crippen molar-refractivity contribution < 1.29 is 24.6 Å². The number of para-hydroxylation sites is 1. The molecule has 2 saturated heterocycles. The molecule has 308 valence electrons. The number of anilines is 3. The van der Waals surface area contributed by atoms with Crippen LogP contribution in [0.2, 0.25) is 0 Å². The maximum Gasteiger partial charge on any atom is 0.270 e. The number of benzene rings is 2. The predicted octanol–water partition coefficient (Wildman–Crippen LogP) is 4.57. The summed E-state index contributed by atoms with van der Waals surface area (Å²) in [5.74, 6) is -0.375. The number of aromatic nitrogens is 4. The average Bonchev–Trinajstić information content (AvgIpc) is 3.85. The van der Waals surface area contributed by atoms with Gasteiger partial charge in [-0.3, -0.25) is 14.4 Å². The Morgan fingerprint density at radius 2 is 1.64 bits per heavy atom. The van der Waals surface area contributed by atoms with Crippen LogP contribution in [0.3, 0.4) is 0 Å². The molecule has 0 radical (unpaired) electrons. The van der Waals surface area contributed by atoms with E-state index in [1.807, 2.05) is 82.6 Å². The highest BCUT2D eigenvalue weighted by atomic mass is 32.1. The van der Waals surface area contributed by atoms with Crippen LogP contribution in [0.5, 0.6) is 5.75 Å². The summed E-state index contributed by atoms with van der Waals surface area (Å²) in [4.78, 5) is 57.6. The minimum atomic E-state index is -1.02. The van der Waals surface area contributed by atoms with Gasteiger partial charge in [0.05, 0.1) is 39.6 Å². The van der Waals surface area contributed by atoms with Gasteiger partial charge in [-0.05, 0) is 60.7 Å². The molecule has 3 amide bonds. The van der Waals surface area contributed by atoms with Gasteiger partial charge in [-0.2, -0.15) is 0 Å². The molecule has 0 aliphatic carbocycles. The largest absolute Gasteiger partial charge is 0.507 e. The Morgan fingerprint density at radius 1 is 0.932 bits per heavy atom. The summed E-state index contributed by atoms with van der Waals surface area (Å²) >= 11 is 1.57. The second kappa shape index (κ2) is 17.0. The van der Waals surface area contributed by atoms with Crippen LogP contribution in [0.1, 0.15) is 61.9 Å². The number of nitrogens with zero attached hydrogens (tertiary/aromatic N) is 7. The van der Waals surface area contributed by atoms with Crippen LogP contribution in [0, 0.1) is 12.3 Å². The van der Waals surface area contributed by atoms with E-state index in [9.17, 15) is 24.6 Å². The number of piperazine rings is 1. The zero-order valence-electron chi connectivity index (χ0n) is 33.8. The van der Waals surface area contributed by atoms with Crippen molar-refractivity contribution in [1.82, 2.24) is 35.7 Å². The lowest BCUT2D eigenvalue weighted by Gasteiger charge is -2.37. The molecule has 2 aromatic carbocycles. The molecule has 2 aliphatic heterocycles. The third-order valence-electron chi connectivity index (χ3n) is 10.9. The molecule has 5 heterocycles. The number of nitrogens with two attached hydrogens (primary N) is 1.